The zero-order valence-corrected chi connectivity index (χ0v) is 35.5. The van der Waals surface area contributed by atoms with Crippen molar-refractivity contribution in [1.82, 2.24) is 10.6 Å². The van der Waals surface area contributed by atoms with Crippen LogP contribution in [0.15, 0.2) is 0 Å². The predicted octanol–water partition coefficient (Wildman–Crippen LogP) is 9.91. The molecule has 0 saturated heterocycles. The standard InChI is InChI=1S/C43H80N2O9/c1-8-12-16-20-27-35(25-14-10-3)39(47)51-32-22-18-19-23-33-53-41(49)37(30-31-44-42(50)54-43(5,6)7)45-38(46)29-24-34-52-40(48)36(26-15-11-4)28-21-17-13-9-2/h35-37H,8-34H2,1-7H3,(H,44,50)(H,45,46)/t35?,36?,37-/m0/s1. The minimum absolute atomic E-state index is 0.00971. The van der Waals surface area contributed by atoms with E-state index in [-0.39, 0.29) is 62.3 Å². The quantitative estimate of drug-likeness (QED) is 0.0371. The number of hydrogen-bond donors (Lipinski definition) is 2. The minimum Gasteiger partial charge on any atom is -0.465 e. The normalized spacial score (nSPS) is 13.0. The Morgan fingerprint density at radius 1 is 0.500 bits per heavy atom. The van der Waals surface area contributed by atoms with Gasteiger partial charge in [-0.25, -0.2) is 9.59 Å². The third-order valence-corrected chi connectivity index (χ3v) is 9.33. The number of carbonyl (C=O) groups excluding carboxylic acids is 5. The first-order valence-electron chi connectivity index (χ1n) is 21.6. The van der Waals surface area contributed by atoms with Crippen molar-refractivity contribution < 1.29 is 42.9 Å². The van der Waals surface area contributed by atoms with Gasteiger partial charge in [0, 0.05) is 13.0 Å². The van der Waals surface area contributed by atoms with Crippen LogP contribution in [0.1, 0.15) is 196 Å². The van der Waals surface area contributed by atoms with E-state index < -0.39 is 23.7 Å². The third-order valence-electron chi connectivity index (χ3n) is 9.33. The van der Waals surface area contributed by atoms with Crippen LogP contribution in [0.25, 0.3) is 0 Å². The molecular weight excluding hydrogens is 688 g/mol. The Hall–Kier alpha value is -2.85. The second-order valence-electron chi connectivity index (χ2n) is 15.7. The molecule has 2 unspecified atom stereocenters. The van der Waals surface area contributed by atoms with Gasteiger partial charge in [-0.05, 0) is 85.0 Å². The molecule has 0 spiro atoms. The first kappa shape index (κ1) is 51.1. The highest BCUT2D eigenvalue weighted by atomic mass is 16.6. The summed E-state index contributed by atoms with van der Waals surface area (Å²) in [5.74, 6) is -1.32. The third kappa shape index (κ3) is 29.5. The zero-order chi connectivity index (χ0) is 40.5. The van der Waals surface area contributed by atoms with Crippen LogP contribution in [-0.2, 0) is 38.1 Å². The molecule has 11 nitrogen and oxygen atoms in total. The molecular formula is C43H80N2O9. The molecule has 316 valence electrons. The number of ether oxygens (including phenoxy) is 4. The molecule has 2 amide bonds. The van der Waals surface area contributed by atoms with Gasteiger partial charge in [-0.2, -0.15) is 0 Å². The highest BCUT2D eigenvalue weighted by Gasteiger charge is 2.24. The average Bonchev–Trinajstić information content (AvgIpc) is 3.12. The predicted molar refractivity (Wildman–Crippen MR) is 215 cm³/mol. The lowest BCUT2D eigenvalue weighted by molar-refractivity contribution is -0.150. The topological polar surface area (TPSA) is 146 Å². The first-order chi connectivity index (χ1) is 25.9. The molecule has 0 aliphatic rings. The summed E-state index contributed by atoms with van der Waals surface area (Å²) >= 11 is 0. The molecule has 0 heterocycles. The fraction of sp³-hybridized carbons (Fsp3) is 0.884. The molecule has 0 aromatic rings. The van der Waals surface area contributed by atoms with Crippen molar-refractivity contribution in [3.63, 3.8) is 0 Å². The van der Waals surface area contributed by atoms with E-state index in [1.165, 1.54) is 12.8 Å². The minimum atomic E-state index is -0.960. The average molecular weight is 769 g/mol. The van der Waals surface area contributed by atoms with E-state index in [0.29, 0.717) is 19.4 Å². The molecule has 0 aromatic carbocycles. The van der Waals surface area contributed by atoms with E-state index in [2.05, 4.69) is 38.3 Å². The van der Waals surface area contributed by atoms with Gasteiger partial charge in [0.05, 0.1) is 31.7 Å². The van der Waals surface area contributed by atoms with Gasteiger partial charge >= 0.3 is 24.0 Å². The Balaban J connectivity index is 4.80. The molecule has 0 radical (unpaired) electrons. The maximum Gasteiger partial charge on any atom is 0.407 e. The first-order valence-corrected chi connectivity index (χ1v) is 21.6. The van der Waals surface area contributed by atoms with Gasteiger partial charge in [-0.3, -0.25) is 14.4 Å². The van der Waals surface area contributed by atoms with Crippen LogP contribution in [0.5, 0.6) is 0 Å². The van der Waals surface area contributed by atoms with Gasteiger partial charge in [0.2, 0.25) is 5.91 Å². The fourth-order valence-electron chi connectivity index (χ4n) is 6.09. The van der Waals surface area contributed by atoms with E-state index in [0.717, 1.165) is 109 Å². The number of nitrogens with one attached hydrogen (secondary N) is 2. The lowest BCUT2D eigenvalue weighted by atomic mass is 9.95. The number of alkyl carbamates (subject to hydrolysis) is 1. The number of esters is 3. The van der Waals surface area contributed by atoms with E-state index in [1.807, 2.05) is 0 Å². The molecule has 54 heavy (non-hydrogen) atoms. The Labute approximate surface area is 328 Å². The summed E-state index contributed by atoms with van der Waals surface area (Å²) in [5.41, 5.74) is -0.669. The van der Waals surface area contributed by atoms with Crippen LogP contribution in [0.2, 0.25) is 0 Å². The van der Waals surface area contributed by atoms with Crippen molar-refractivity contribution >= 4 is 29.9 Å². The van der Waals surface area contributed by atoms with E-state index in [9.17, 15) is 24.0 Å². The highest BCUT2D eigenvalue weighted by Crippen LogP contribution is 2.21. The molecule has 3 atom stereocenters. The van der Waals surface area contributed by atoms with Gasteiger partial charge < -0.3 is 29.6 Å². The SMILES string of the molecule is CCCCCCC(CCCC)C(=O)OCCCCCCOC(=O)[C@H](CCNC(=O)OC(C)(C)C)NC(=O)CCCOC(=O)C(CCCC)CCCCCC. The number of hydrogen-bond acceptors (Lipinski definition) is 9. The summed E-state index contributed by atoms with van der Waals surface area (Å²) in [4.78, 5) is 63.5. The Morgan fingerprint density at radius 3 is 1.39 bits per heavy atom. The Morgan fingerprint density at radius 2 is 0.926 bits per heavy atom. The monoisotopic (exact) mass is 769 g/mol. The van der Waals surface area contributed by atoms with Crippen LogP contribution < -0.4 is 10.6 Å². The molecule has 0 fully saturated rings. The van der Waals surface area contributed by atoms with Crippen LogP contribution >= 0.6 is 0 Å². The summed E-state index contributed by atoms with van der Waals surface area (Å²) in [7, 11) is 0. The number of amides is 2. The number of rotatable bonds is 34. The van der Waals surface area contributed by atoms with E-state index in [4.69, 9.17) is 18.9 Å². The van der Waals surface area contributed by atoms with Crippen molar-refractivity contribution in [3.8, 4) is 0 Å². The summed E-state index contributed by atoms with van der Waals surface area (Å²) < 4.78 is 22.0. The van der Waals surface area contributed by atoms with Crippen LogP contribution in [-0.4, -0.2) is 67.9 Å². The summed E-state index contributed by atoms with van der Waals surface area (Å²) in [6.45, 7) is 14.7. The van der Waals surface area contributed by atoms with Gasteiger partial charge in [0.1, 0.15) is 11.6 Å². The Bertz CT molecular complexity index is 998. The van der Waals surface area contributed by atoms with Gasteiger partial charge in [0.25, 0.3) is 0 Å². The maximum absolute atomic E-state index is 13.0. The summed E-state index contributed by atoms with van der Waals surface area (Å²) in [6, 6.07) is -0.960. The molecule has 0 bridgehead atoms. The van der Waals surface area contributed by atoms with Crippen molar-refractivity contribution in [3.05, 3.63) is 0 Å². The van der Waals surface area contributed by atoms with Crippen molar-refractivity contribution in [1.29, 1.82) is 0 Å². The van der Waals surface area contributed by atoms with Crippen molar-refractivity contribution in [2.24, 2.45) is 11.8 Å². The van der Waals surface area contributed by atoms with Crippen molar-refractivity contribution in [2.75, 3.05) is 26.4 Å². The van der Waals surface area contributed by atoms with Crippen LogP contribution in [0.3, 0.4) is 0 Å². The lowest BCUT2D eigenvalue weighted by Gasteiger charge is -2.21. The summed E-state index contributed by atoms with van der Waals surface area (Å²) in [6.07, 6.45) is 19.5. The summed E-state index contributed by atoms with van der Waals surface area (Å²) in [5, 5.41) is 5.37. The highest BCUT2D eigenvalue weighted by molar-refractivity contribution is 5.84. The van der Waals surface area contributed by atoms with Gasteiger partial charge in [0.15, 0.2) is 0 Å². The van der Waals surface area contributed by atoms with Gasteiger partial charge in [-0.15, -0.1) is 0 Å². The second-order valence-corrected chi connectivity index (χ2v) is 15.7. The molecule has 0 aliphatic carbocycles. The zero-order valence-electron chi connectivity index (χ0n) is 35.5. The maximum atomic E-state index is 13.0. The fourth-order valence-corrected chi connectivity index (χ4v) is 6.09. The van der Waals surface area contributed by atoms with Crippen LogP contribution in [0.4, 0.5) is 4.79 Å². The molecule has 2 N–H and O–H groups in total. The van der Waals surface area contributed by atoms with Gasteiger partial charge in [-0.1, -0.05) is 105 Å². The molecule has 0 aliphatic heterocycles. The lowest BCUT2D eigenvalue weighted by Crippen LogP contribution is -2.44. The molecule has 11 heteroatoms. The second kappa shape index (κ2) is 33.5. The Kier molecular flexibility index (Phi) is 31.7. The van der Waals surface area contributed by atoms with Crippen molar-refractivity contribution in [2.45, 2.75) is 208 Å². The largest absolute Gasteiger partial charge is 0.465 e. The molecule has 0 rings (SSSR count). The molecule has 0 aromatic heterocycles. The molecule has 0 saturated carbocycles. The number of carbonyl (C=O) groups is 5. The number of unbranched alkanes of at least 4 members (excludes halogenated alkanes) is 11. The van der Waals surface area contributed by atoms with E-state index >= 15 is 0 Å². The van der Waals surface area contributed by atoms with E-state index in [1.54, 1.807) is 20.8 Å². The smallest absolute Gasteiger partial charge is 0.407 e. The van der Waals surface area contributed by atoms with Crippen LogP contribution in [0, 0.1) is 11.8 Å².